The first-order chi connectivity index (χ1) is 9.51. The zero-order chi connectivity index (χ0) is 15.9. The zero-order valence-electron chi connectivity index (χ0n) is 13.1. The van der Waals surface area contributed by atoms with E-state index in [1.165, 1.54) is 8.61 Å². The Labute approximate surface area is 128 Å². The van der Waals surface area contributed by atoms with E-state index in [0.29, 0.717) is 26.1 Å². The minimum Gasteiger partial charge on any atom is -0.212 e. The van der Waals surface area contributed by atoms with E-state index in [2.05, 4.69) is 0 Å². The lowest BCUT2D eigenvalue weighted by molar-refractivity contribution is 0.217. The summed E-state index contributed by atoms with van der Waals surface area (Å²) >= 11 is 0. The molecule has 0 radical (unpaired) electrons. The van der Waals surface area contributed by atoms with Crippen molar-refractivity contribution in [3.8, 4) is 0 Å². The third-order valence-electron chi connectivity index (χ3n) is 3.91. The molecule has 2 saturated heterocycles. The average molecular weight is 338 g/mol. The summed E-state index contributed by atoms with van der Waals surface area (Å²) in [5, 5.41) is 0. The average Bonchev–Trinajstić information content (AvgIpc) is 2.66. The highest BCUT2D eigenvalue weighted by Gasteiger charge is 2.39. The highest BCUT2D eigenvalue weighted by Crippen LogP contribution is 2.27. The minimum absolute atomic E-state index is 0.0967. The molecule has 2 heterocycles. The Hall–Kier alpha value is -0.180. The molecule has 0 bridgehead atoms. The smallest absolute Gasteiger partial charge is 0.212 e. The first-order valence-corrected chi connectivity index (χ1v) is 10.7. The van der Waals surface area contributed by atoms with Crippen molar-refractivity contribution in [3.05, 3.63) is 0 Å². The van der Waals surface area contributed by atoms with Gasteiger partial charge in [-0.25, -0.2) is 21.1 Å². The molecule has 124 valence electrons. The summed E-state index contributed by atoms with van der Waals surface area (Å²) in [5.74, 6) is 0.289. The third-order valence-corrected chi connectivity index (χ3v) is 8.26. The number of rotatable bonds is 3. The largest absolute Gasteiger partial charge is 0.214 e. The van der Waals surface area contributed by atoms with Gasteiger partial charge in [0.25, 0.3) is 0 Å². The summed E-state index contributed by atoms with van der Waals surface area (Å²) in [7, 11) is -6.51. The Bertz CT molecular complexity index is 578. The fourth-order valence-electron chi connectivity index (χ4n) is 3.12. The minimum atomic E-state index is -3.33. The van der Waals surface area contributed by atoms with Crippen LogP contribution in [-0.2, 0) is 20.0 Å². The van der Waals surface area contributed by atoms with E-state index in [0.717, 1.165) is 12.8 Å². The molecule has 8 heteroatoms. The van der Waals surface area contributed by atoms with Gasteiger partial charge in [0.1, 0.15) is 0 Å². The Balaban J connectivity index is 2.11. The van der Waals surface area contributed by atoms with Crippen LogP contribution in [0.3, 0.4) is 0 Å². The number of hydrogen-bond acceptors (Lipinski definition) is 4. The second kappa shape index (κ2) is 5.79. The maximum absolute atomic E-state index is 12.5. The van der Waals surface area contributed by atoms with Gasteiger partial charge in [-0.1, -0.05) is 20.8 Å². The van der Waals surface area contributed by atoms with E-state index >= 15 is 0 Å². The van der Waals surface area contributed by atoms with Crippen molar-refractivity contribution in [1.82, 2.24) is 8.61 Å². The van der Waals surface area contributed by atoms with Crippen LogP contribution in [0.25, 0.3) is 0 Å². The van der Waals surface area contributed by atoms with Crippen LogP contribution in [0.2, 0.25) is 0 Å². The molecule has 2 aliphatic rings. The molecule has 6 nitrogen and oxygen atoms in total. The van der Waals surface area contributed by atoms with Crippen LogP contribution in [0.15, 0.2) is 0 Å². The Kier molecular flexibility index (Phi) is 4.74. The molecule has 0 saturated carbocycles. The molecule has 1 unspecified atom stereocenters. The molecule has 0 aromatic carbocycles. The molecule has 0 aromatic rings. The number of piperidine rings is 1. The van der Waals surface area contributed by atoms with Gasteiger partial charge in [0.15, 0.2) is 0 Å². The summed E-state index contributed by atoms with van der Waals surface area (Å²) in [5.41, 5.74) is -0.300. The molecule has 0 amide bonds. The first kappa shape index (κ1) is 17.2. The van der Waals surface area contributed by atoms with Crippen LogP contribution < -0.4 is 0 Å². The molecule has 0 aromatic heterocycles. The maximum atomic E-state index is 12.5. The quantitative estimate of drug-likeness (QED) is 0.765. The van der Waals surface area contributed by atoms with Gasteiger partial charge in [-0.3, -0.25) is 0 Å². The first-order valence-electron chi connectivity index (χ1n) is 7.49. The van der Waals surface area contributed by atoms with Gasteiger partial charge in [-0.15, -0.1) is 0 Å². The van der Waals surface area contributed by atoms with Crippen LogP contribution in [0, 0.1) is 5.41 Å². The Morgan fingerprint density at radius 2 is 1.81 bits per heavy atom. The van der Waals surface area contributed by atoms with E-state index in [1.807, 2.05) is 20.8 Å². The van der Waals surface area contributed by atoms with Crippen molar-refractivity contribution in [3.63, 3.8) is 0 Å². The Morgan fingerprint density at radius 3 is 2.33 bits per heavy atom. The normalized spacial score (nSPS) is 28.8. The maximum Gasteiger partial charge on any atom is 0.214 e. The van der Waals surface area contributed by atoms with Gasteiger partial charge >= 0.3 is 0 Å². The highest BCUT2D eigenvalue weighted by molar-refractivity contribution is 7.89. The van der Waals surface area contributed by atoms with Crippen LogP contribution in [-0.4, -0.2) is 62.6 Å². The summed E-state index contributed by atoms with van der Waals surface area (Å²) < 4.78 is 52.0. The van der Waals surface area contributed by atoms with Crippen LogP contribution in [0.5, 0.6) is 0 Å². The number of sulfonamides is 2. The van der Waals surface area contributed by atoms with Gasteiger partial charge in [-0.05, 0) is 24.7 Å². The molecule has 21 heavy (non-hydrogen) atoms. The van der Waals surface area contributed by atoms with Crippen molar-refractivity contribution in [1.29, 1.82) is 0 Å². The monoisotopic (exact) mass is 338 g/mol. The van der Waals surface area contributed by atoms with Gasteiger partial charge < -0.3 is 0 Å². The van der Waals surface area contributed by atoms with Crippen LogP contribution in [0.4, 0.5) is 0 Å². The molecule has 1 atom stereocenters. The van der Waals surface area contributed by atoms with Crippen molar-refractivity contribution in [2.75, 3.05) is 31.1 Å². The number of hydrogen-bond donors (Lipinski definition) is 0. The molecule has 0 N–H and O–H groups in total. The summed E-state index contributed by atoms with van der Waals surface area (Å²) in [6.45, 7) is 7.03. The van der Waals surface area contributed by atoms with E-state index in [9.17, 15) is 16.8 Å². The van der Waals surface area contributed by atoms with E-state index in [4.69, 9.17) is 0 Å². The predicted octanol–water partition coefficient (Wildman–Crippen LogP) is 0.862. The topological polar surface area (TPSA) is 74.8 Å². The Morgan fingerprint density at radius 1 is 1.14 bits per heavy atom. The lowest BCUT2D eigenvalue weighted by Crippen LogP contribution is -2.51. The van der Waals surface area contributed by atoms with E-state index in [1.54, 1.807) is 0 Å². The summed E-state index contributed by atoms with van der Waals surface area (Å²) in [4.78, 5) is 0. The van der Waals surface area contributed by atoms with Gasteiger partial charge in [0, 0.05) is 25.7 Å². The van der Waals surface area contributed by atoms with Crippen molar-refractivity contribution >= 4 is 20.0 Å². The highest BCUT2D eigenvalue weighted by atomic mass is 32.2. The molecule has 0 aliphatic carbocycles. The van der Waals surface area contributed by atoms with Crippen molar-refractivity contribution in [2.24, 2.45) is 5.41 Å². The fraction of sp³-hybridized carbons (Fsp3) is 1.00. The van der Waals surface area contributed by atoms with Crippen LogP contribution >= 0.6 is 0 Å². The molecule has 2 fully saturated rings. The third kappa shape index (κ3) is 4.18. The molecular formula is C13H26N2O4S2. The summed E-state index contributed by atoms with van der Waals surface area (Å²) in [6.07, 6.45) is 2.12. The second-order valence-electron chi connectivity index (χ2n) is 7.25. The summed E-state index contributed by atoms with van der Waals surface area (Å²) in [6, 6.07) is -0.194. The fourth-order valence-corrected chi connectivity index (χ4v) is 6.96. The van der Waals surface area contributed by atoms with E-state index in [-0.39, 0.29) is 23.0 Å². The van der Waals surface area contributed by atoms with Crippen molar-refractivity contribution in [2.45, 2.75) is 46.1 Å². The number of nitrogens with zero attached hydrogens (tertiary/aromatic N) is 2. The van der Waals surface area contributed by atoms with E-state index < -0.39 is 20.0 Å². The standard InChI is InChI=1S/C13H26N2O4S2/c1-13(2,3)11-21(18,19)14-7-4-6-12(10-14)15-8-5-9-20(15,16)17/h12H,4-11H2,1-3H3. The van der Waals surface area contributed by atoms with Gasteiger partial charge in [-0.2, -0.15) is 4.31 Å². The second-order valence-corrected chi connectivity index (χ2v) is 11.3. The molecule has 2 rings (SSSR count). The van der Waals surface area contributed by atoms with Crippen LogP contribution in [0.1, 0.15) is 40.0 Å². The van der Waals surface area contributed by atoms with Gasteiger partial charge in [0.2, 0.25) is 20.0 Å². The lowest BCUT2D eigenvalue weighted by atomic mass is 10.0. The van der Waals surface area contributed by atoms with Gasteiger partial charge in [0.05, 0.1) is 11.5 Å². The van der Waals surface area contributed by atoms with Crippen molar-refractivity contribution < 1.29 is 16.8 Å². The SMILES string of the molecule is CC(C)(C)CS(=O)(=O)N1CCCC(N2CCCS2(=O)=O)C1. The predicted molar refractivity (Wildman–Crippen MR) is 82.9 cm³/mol. The molecule has 2 aliphatic heterocycles. The zero-order valence-corrected chi connectivity index (χ0v) is 14.7. The molecular weight excluding hydrogens is 312 g/mol. The lowest BCUT2D eigenvalue weighted by Gasteiger charge is -2.37. The molecule has 0 spiro atoms.